The van der Waals surface area contributed by atoms with Crippen LogP contribution in [0.5, 0.6) is 5.75 Å². The number of aromatic hydroxyl groups is 1. The molecule has 0 aromatic heterocycles. The number of phenols is 1. The summed E-state index contributed by atoms with van der Waals surface area (Å²) in [6.45, 7) is 0.0760. The number of para-hydroxylation sites is 1. The van der Waals surface area contributed by atoms with Crippen LogP contribution in [0.1, 0.15) is 12.0 Å². The van der Waals surface area contributed by atoms with Gasteiger partial charge in [-0.15, -0.1) is 0 Å². The number of hydrogen-bond acceptors (Lipinski definition) is 6. The van der Waals surface area contributed by atoms with Crippen LogP contribution in [0, 0.1) is 0 Å². The predicted octanol–water partition coefficient (Wildman–Crippen LogP) is 3.06. The third-order valence-corrected chi connectivity index (χ3v) is 4.52. The third-order valence-electron chi connectivity index (χ3n) is 3.43. The molecule has 140 valence electrons. The summed E-state index contributed by atoms with van der Waals surface area (Å²) >= 11 is 5.73. The number of benzene rings is 2. The summed E-state index contributed by atoms with van der Waals surface area (Å²) in [6, 6.07) is 9.30. The molecule has 2 aromatic rings. The lowest BCUT2D eigenvalue weighted by Crippen LogP contribution is -2.15. The largest absolute Gasteiger partial charge is 0.504 e. The number of amides is 1. The van der Waals surface area contributed by atoms with E-state index in [1.165, 1.54) is 0 Å². The highest BCUT2D eigenvalue weighted by Crippen LogP contribution is 2.34. The highest BCUT2D eigenvalue weighted by molar-refractivity contribution is 7.86. The van der Waals surface area contributed by atoms with Crippen molar-refractivity contribution in [3.8, 4) is 5.75 Å². The molecule has 10 heteroatoms. The van der Waals surface area contributed by atoms with Gasteiger partial charge in [0, 0.05) is 10.7 Å². The lowest BCUT2D eigenvalue weighted by molar-refractivity contribution is 0.160. The number of rotatable bonds is 6. The fraction of sp³-hybridized carbons (Fsp3) is 0.188. The number of hydrogen-bond donors (Lipinski definition) is 4. The average Bonchev–Trinajstić information content (AvgIpc) is 2.55. The molecule has 0 spiro atoms. The molecule has 8 nitrogen and oxygen atoms in total. The van der Waals surface area contributed by atoms with Crippen molar-refractivity contribution >= 4 is 39.2 Å². The molecule has 0 radical (unpaired) electrons. The van der Waals surface area contributed by atoms with Crippen molar-refractivity contribution in [1.29, 1.82) is 0 Å². The van der Waals surface area contributed by atoms with Gasteiger partial charge in [0.05, 0.1) is 12.3 Å². The van der Waals surface area contributed by atoms with Gasteiger partial charge in [-0.05, 0) is 36.6 Å². The molecule has 0 heterocycles. The Morgan fingerprint density at radius 3 is 2.62 bits per heavy atom. The summed E-state index contributed by atoms with van der Waals surface area (Å²) < 4.78 is 36.4. The number of phenolic OH excluding ortho intramolecular Hbond substituents is 1. The van der Waals surface area contributed by atoms with Crippen LogP contribution < -0.4 is 11.1 Å². The van der Waals surface area contributed by atoms with Gasteiger partial charge in [-0.1, -0.05) is 29.8 Å². The smallest absolute Gasteiger partial charge is 0.411 e. The maximum Gasteiger partial charge on any atom is 0.411 e. The number of aryl methyl sites for hydroxylation is 1. The van der Waals surface area contributed by atoms with Crippen LogP contribution in [0.15, 0.2) is 41.3 Å². The van der Waals surface area contributed by atoms with Crippen LogP contribution in [0.4, 0.5) is 16.2 Å². The molecule has 1 amide bonds. The molecule has 0 saturated heterocycles. The van der Waals surface area contributed by atoms with Gasteiger partial charge >= 0.3 is 6.09 Å². The monoisotopic (exact) mass is 400 g/mol. The summed E-state index contributed by atoms with van der Waals surface area (Å²) in [5.74, 6) is -0.842. The predicted molar refractivity (Wildman–Crippen MR) is 97.1 cm³/mol. The number of halogens is 1. The van der Waals surface area contributed by atoms with Crippen molar-refractivity contribution in [2.24, 2.45) is 0 Å². The summed E-state index contributed by atoms with van der Waals surface area (Å²) in [7, 11) is -4.71. The molecule has 2 aromatic carbocycles. The fourth-order valence-electron chi connectivity index (χ4n) is 2.20. The molecule has 0 aliphatic heterocycles. The number of anilines is 2. The summed E-state index contributed by atoms with van der Waals surface area (Å²) in [4.78, 5) is 11.0. The maximum atomic E-state index is 11.8. The molecule has 0 aliphatic carbocycles. The van der Waals surface area contributed by atoms with Crippen molar-refractivity contribution in [2.75, 3.05) is 17.7 Å². The second-order valence-corrected chi connectivity index (χ2v) is 7.16. The second-order valence-electron chi connectivity index (χ2n) is 5.34. The van der Waals surface area contributed by atoms with Gasteiger partial charge in [0.15, 0.2) is 5.75 Å². The quantitative estimate of drug-likeness (QED) is 0.253. The Hall–Kier alpha value is -2.49. The fourth-order valence-corrected chi connectivity index (χ4v) is 3.11. The molecule has 2 rings (SSSR count). The molecular weight excluding hydrogens is 384 g/mol. The molecule has 0 unspecified atom stereocenters. The second kappa shape index (κ2) is 8.26. The lowest BCUT2D eigenvalue weighted by Gasteiger charge is -2.11. The van der Waals surface area contributed by atoms with Crippen molar-refractivity contribution in [1.82, 2.24) is 0 Å². The number of carbonyl (C=O) groups excluding carboxylic acids is 1. The van der Waals surface area contributed by atoms with Gasteiger partial charge in [0.25, 0.3) is 10.1 Å². The zero-order valence-electron chi connectivity index (χ0n) is 13.5. The van der Waals surface area contributed by atoms with E-state index in [-0.39, 0.29) is 17.3 Å². The number of nitrogen functional groups attached to an aromatic ring is 1. The first kappa shape index (κ1) is 19.8. The van der Waals surface area contributed by atoms with Gasteiger partial charge in [-0.2, -0.15) is 8.42 Å². The maximum absolute atomic E-state index is 11.8. The molecule has 0 bridgehead atoms. The van der Waals surface area contributed by atoms with Crippen molar-refractivity contribution < 1.29 is 27.6 Å². The summed E-state index contributed by atoms with van der Waals surface area (Å²) in [5, 5.41) is 11.9. The number of ether oxygens (including phenoxy) is 1. The van der Waals surface area contributed by atoms with Crippen molar-refractivity contribution in [2.45, 2.75) is 17.7 Å². The van der Waals surface area contributed by atoms with E-state index in [2.05, 4.69) is 5.32 Å². The van der Waals surface area contributed by atoms with E-state index in [9.17, 15) is 18.3 Å². The van der Waals surface area contributed by atoms with E-state index in [0.717, 1.165) is 17.7 Å². The van der Waals surface area contributed by atoms with E-state index in [0.29, 0.717) is 18.5 Å². The molecule has 0 fully saturated rings. The summed E-state index contributed by atoms with van der Waals surface area (Å²) in [5.41, 5.74) is 7.10. The van der Waals surface area contributed by atoms with Gasteiger partial charge in [-0.25, -0.2) is 4.79 Å². The molecule has 26 heavy (non-hydrogen) atoms. The van der Waals surface area contributed by atoms with Crippen LogP contribution in [-0.4, -0.2) is 30.8 Å². The Labute approximate surface area is 155 Å². The number of carbonyl (C=O) groups is 1. The molecule has 0 atom stereocenters. The van der Waals surface area contributed by atoms with Crippen LogP contribution in [0.3, 0.4) is 0 Å². The zero-order chi connectivity index (χ0) is 19.3. The van der Waals surface area contributed by atoms with Crippen LogP contribution in [0.2, 0.25) is 5.02 Å². The Morgan fingerprint density at radius 2 is 1.96 bits per heavy atom. The Kier molecular flexibility index (Phi) is 6.30. The Bertz CT molecular complexity index is 917. The van der Waals surface area contributed by atoms with E-state index < -0.39 is 26.9 Å². The average molecular weight is 401 g/mol. The number of nitrogens with one attached hydrogen (secondary N) is 1. The molecule has 0 aliphatic rings. The zero-order valence-corrected chi connectivity index (χ0v) is 15.0. The summed E-state index contributed by atoms with van der Waals surface area (Å²) in [6.07, 6.45) is 0.208. The van der Waals surface area contributed by atoms with Gasteiger partial charge in [0.1, 0.15) is 4.90 Å². The molecule has 0 saturated carbocycles. The van der Waals surface area contributed by atoms with Crippen LogP contribution in [-0.2, 0) is 21.3 Å². The third kappa shape index (κ3) is 5.25. The van der Waals surface area contributed by atoms with Gasteiger partial charge in [-0.3, -0.25) is 9.87 Å². The SMILES string of the molecule is Nc1ccccc1CCCOC(=O)Nc1cc(Cl)cc(S(=O)(=O)O)c1O. The van der Waals surface area contributed by atoms with E-state index in [4.69, 9.17) is 26.6 Å². The Morgan fingerprint density at radius 1 is 1.27 bits per heavy atom. The van der Waals surface area contributed by atoms with E-state index >= 15 is 0 Å². The standard InChI is InChI=1S/C16H17ClN2O6S/c17-11-8-13(15(20)14(9-11)26(22,23)24)19-16(21)25-7-3-5-10-4-1-2-6-12(10)18/h1-2,4,6,8-9,20H,3,5,7,18H2,(H,19,21)(H,22,23,24). The molecule has 5 N–H and O–H groups in total. The van der Waals surface area contributed by atoms with Gasteiger partial charge in [0.2, 0.25) is 0 Å². The van der Waals surface area contributed by atoms with Crippen LogP contribution in [0.25, 0.3) is 0 Å². The Balaban J connectivity index is 1.94. The minimum Gasteiger partial charge on any atom is -0.504 e. The number of nitrogens with two attached hydrogens (primary N) is 1. The van der Waals surface area contributed by atoms with Gasteiger partial charge < -0.3 is 15.6 Å². The minimum absolute atomic E-state index is 0.0760. The highest BCUT2D eigenvalue weighted by Gasteiger charge is 2.21. The first-order valence-electron chi connectivity index (χ1n) is 7.45. The first-order chi connectivity index (χ1) is 12.2. The van der Waals surface area contributed by atoms with Crippen molar-refractivity contribution in [3.05, 3.63) is 47.0 Å². The van der Waals surface area contributed by atoms with E-state index in [1.807, 2.05) is 18.2 Å². The van der Waals surface area contributed by atoms with Crippen molar-refractivity contribution in [3.63, 3.8) is 0 Å². The topological polar surface area (TPSA) is 139 Å². The first-order valence-corrected chi connectivity index (χ1v) is 9.27. The normalized spacial score (nSPS) is 11.2. The highest BCUT2D eigenvalue weighted by atomic mass is 35.5. The van der Waals surface area contributed by atoms with Crippen LogP contribution >= 0.6 is 11.6 Å². The lowest BCUT2D eigenvalue weighted by atomic mass is 10.1. The van der Waals surface area contributed by atoms with E-state index in [1.54, 1.807) is 6.07 Å². The minimum atomic E-state index is -4.71. The molecular formula is C16H17ClN2O6S.